The van der Waals surface area contributed by atoms with E-state index < -0.39 is 12.0 Å². The third kappa shape index (κ3) is 4.36. The van der Waals surface area contributed by atoms with Crippen molar-refractivity contribution in [2.45, 2.75) is 19.9 Å². The highest BCUT2D eigenvalue weighted by atomic mass is 35.5. The molecule has 0 N–H and O–H groups in total. The maximum Gasteiger partial charge on any atom is 0.338 e. The molecule has 1 aliphatic rings. The molecule has 1 aliphatic heterocycles. The van der Waals surface area contributed by atoms with Crippen molar-refractivity contribution in [1.82, 2.24) is 4.57 Å². The zero-order valence-electron chi connectivity index (χ0n) is 18.1. The standard InChI is InChI=1S/C24H20Cl2N2O4S/c1-4-32-23(30)19-13(2)27-24-28(21(19)15-8-5-9-16(11-15)31-3)22(29)18(33-24)12-14-7-6-10-17(25)20(14)26/h5-12,21H,4H2,1-3H3/b18-12-/t21-/m0/s1. The summed E-state index contributed by atoms with van der Waals surface area (Å²) in [5.74, 6) is 0.0944. The van der Waals surface area contributed by atoms with E-state index in [0.717, 1.165) is 0 Å². The first-order valence-corrected chi connectivity index (χ1v) is 11.7. The lowest BCUT2D eigenvalue weighted by Gasteiger charge is -2.25. The van der Waals surface area contributed by atoms with E-state index in [2.05, 4.69) is 4.99 Å². The summed E-state index contributed by atoms with van der Waals surface area (Å²) < 4.78 is 12.6. The molecule has 2 aromatic carbocycles. The lowest BCUT2D eigenvalue weighted by Crippen LogP contribution is -2.39. The van der Waals surface area contributed by atoms with Crippen molar-refractivity contribution in [3.63, 3.8) is 0 Å². The van der Waals surface area contributed by atoms with Crippen molar-refractivity contribution >= 4 is 46.6 Å². The van der Waals surface area contributed by atoms with Gasteiger partial charge in [0.25, 0.3) is 5.56 Å². The molecule has 33 heavy (non-hydrogen) atoms. The van der Waals surface area contributed by atoms with Gasteiger partial charge in [0.05, 0.1) is 45.6 Å². The van der Waals surface area contributed by atoms with Gasteiger partial charge in [0, 0.05) is 0 Å². The van der Waals surface area contributed by atoms with Gasteiger partial charge in [-0.3, -0.25) is 9.36 Å². The minimum Gasteiger partial charge on any atom is -0.497 e. The number of allylic oxidation sites excluding steroid dienone is 1. The molecule has 2 heterocycles. The average Bonchev–Trinajstić information content (AvgIpc) is 3.10. The van der Waals surface area contributed by atoms with Gasteiger partial charge >= 0.3 is 5.97 Å². The summed E-state index contributed by atoms with van der Waals surface area (Å²) in [4.78, 5) is 31.5. The number of aromatic nitrogens is 1. The lowest BCUT2D eigenvalue weighted by molar-refractivity contribution is -0.139. The number of carbonyl (C=O) groups excluding carboxylic acids is 1. The van der Waals surface area contributed by atoms with E-state index in [-0.39, 0.29) is 12.2 Å². The molecule has 9 heteroatoms. The highest BCUT2D eigenvalue weighted by Crippen LogP contribution is 2.32. The van der Waals surface area contributed by atoms with Gasteiger partial charge in [-0.25, -0.2) is 9.79 Å². The van der Waals surface area contributed by atoms with E-state index in [1.807, 2.05) is 12.1 Å². The highest BCUT2D eigenvalue weighted by molar-refractivity contribution is 7.07. The van der Waals surface area contributed by atoms with E-state index in [0.29, 0.717) is 47.5 Å². The van der Waals surface area contributed by atoms with E-state index >= 15 is 0 Å². The van der Waals surface area contributed by atoms with Crippen LogP contribution in [0, 0.1) is 0 Å². The predicted molar refractivity (Wildman–Crippen MR) is 130 cm³/mol. The Kier molecular flexibility index (Phi) is 6.74. The van der Waals surface area contributed by atoms with Gasteiger partial charge in [-0.2, -0.15) is 0 Å². The van der Waals surface area contributed by atoms with Crippen LogP contribution in [0.25, 0.3) is 6.08 Å². The Morgan fingerprint density at radius 3 is 2.73 bits per heavy atom. The van der Waals surface area contributed by atoms with Gasteiger partial charge in [-0.1, -0.05) is 58.8 Å². The Labute approximate surface area is 204 Å². The fourth-order valence-corrected chi connectivity index (χ4v) is 5.09. The molecule has 6 nitrogen and oxygen atoms in total. The van der Waals surface area contributed by atoms with Crippen molar-refractivity contribution in [1.29, 1.82) is 0 Å². The minimum absolute atomic E-state index is 0.206. The molecule has 0 fully saturated rings. The second kappa shape index (κ2) is 9.55. The van der Waals surface area contributed by atoms with Crippen LogP contribution in [-0.4, -0.2) is 24.3 Å². The Hall–Kier alpha value is -2.87. The smallest absolute Gasteiger partial charge is 0.338 e. The number of hydrogen-bond acceptors (Lipinski definition) is 6. The number of nitrogens with zero attached hydrogens (tertiary/aromatic N) is 2. The number of benzene rings is 2. The van der Waals surface area contributed by atoms with E-state index in [4.69, 9.17) is 32.7 Å². The maximum atomic E-state index is 13.6. The van der Waals surface area contributed by atoms with Gasteiger partial charge in [-0.15, -0.1) is 0 Å². The third-order valence-corrected chi connectivity index (χ3v) is 7.01. The van der Waals surface area contributed by atoms with Crippen LogP contribution in [-0.2, 0) is 9.53 Å². The summed E-state index contributed by atoms with van der Waals surface area (Å²) >= 11 is 13.7. The van der Waals surface area contributed by atoms with Crippen LogP contribution < -0.4 is 19.6 Å². The van der Waals surface area contributed by atoms with Crippen molar-refractivity contribution < 1.29 is 14.3 Å². The molecule has 0 radical (unpaired) electrons. The fourth-order valence-electron chi connectivity index (χ4n) is 3.69. The molecule has 0 saturated heterocycles. The Bertz CT molecular complexity index is 1460. The van der Waals surface area contributed by atoms with Crippen LogP contribution in [0.15, 0.2) is 63.5 Å². The van der Waals surface area contributed by atoms with Crippen LogP contribution in [0.5, 0.6) is 5.75 Å². The van der Waals surface area contributed by atoms with Gasteiger partial charge in [-0.05, 0) is 49.2 Å². The number of carbonyl (C=O) groups is 1. The van der Waals surface area contributed by atoms with Gasteiger partial charge in [0.15, 0.2) is 4.80 Å². The normalized spacial score (nSPS) is 15.8. The first-order valence-electron chi connectivity index (χ1n) is 10.1. The second-order valence-electron chi connectivity index (χ2n) is 7.22. The summed E-state index contributed by atoms with van der Waals surface area (Å²) in [6.07, 6.45) is 1.68. The van der Waals surface area contributed by atoms with E-state index in [1.165, 1.54) is 15.9 Å². The first-order chi connectivity index (χ1) is 15.8. The third-order valence-electron chi connectivity index (χ3n) is 5.19. The zero-order valence-corrected chi connectivity index (χ0v) is 20.4. The quantitative estimate of drug-likeness (QED) is 0.492. The van der Waals surface area contributed by atoms with E-state index in [9.17, 15) is 9.59 Å². The van der Waals surface area contributed by atoms with Crippen LogP contribution >= 0.6 is 34.5 Å². The summed E-state index contributed by atoms with van der Waals surface area (Å²) in [6, 6.07) is 11.8. The number of rotatable bonds is 5. The topological polar surface area (TPSA) is 69.9 Å². The zero-order chi connectivity index (χ0) is 23.7. The summed E-state index contributed by atoms with van der Waals surface area (Å²) in [5, 5.41) is 0.755. The number of thiazole rings is 1. The second-order valence-corrected chi connectivity index (χ2v) is 9.02. The molecule has 0 unspecified atom stereocenters. The SMILES string of the molecule is CCOC(=O)C1=C(C)N=c2s/c(=C\c3cccc(Cl)c3Cl)c(=O)n2[C@H]1c1cccc(OC)c1. The summed E-state index contributed by atoms with van der Waals surface area (Å²) in [6.45, 7) is 3.68. The monoisotopic (exact) mass is 502 g/mol. The Morgan fingerprint density at radius 1 is 1.24 bits per heavy atom. The maximum absolute atomic E-state index is 13.6. The van der Waals surface area contributed by atoms with Crippen LogP contribution in [0.1, 0.15) is 31.0 Å². The van der Waals surface area contributed by atoms with Gasteiger partial charge in [0.2, 0.25) is 0 Å². The van der Waals surface area contributed by atoms with Crippen molar-refractivity contribution in [2.24, 2.45) is 4.99 Å². The molecule has 4 rings (SSSR count). The van der Waals surface area contributed by atoms with Crippen molar-refractivity contribution in [3.05, 3.63) is 94.6 Å². The van der Waals surface area contributed by atoms with Crippen LogP contribution in [0.3, 0.4) is 0 Å². The number of fused-ring (bicyclic) bond motifs is 1. The molecule has 0 amide bonds. The van der Waals surface area contributed by atoms with Gasteiger partial charge < -0.3 is 9.47 Å². The fraction of sp³-hybridized carbons (Fsp3) is 0.208. The van der Waals surface area contributed by atoms with Crippen LogP contribution in [0.2, 0.25) is 10.0 Å². The predicted octanol–water partition coefficient (Wildman–Crippen LogP) is 4.11. The van der Waals surface area contributed by atoms with Crippen molar-refractivity contribution in [3.8, 4) is 5.75 Å². The lowest BCUT2D eigenvalue weighted by atomic mass is 9.95. The van der Waals surface area contributed by atoms with E-state index in [1.54, 1.807) is 57.4 Å². The average molecular weight is 503 g/mol. The molecule has 3 aromatic rings. The summed E-state index contributed by atoms with van der Waals surface area (Å²) in [7, 11) is 1.56. The van der Waals surface area contributed by atoms with Crippen molar-refractivity contribution in [2.75, 3.05) is 13.7 Å². The molecule has 0 saturated carbocycles. The van der Waals surface area contributed by atoms with Crippen LogP contribution in [0.4, 0.5) is 0 Å². The number of methoxy groups -OCH3 is 1. The Balaban J connectivity index is 1.99. The molecule has 1 atom stereocenters. The van der Waals surface area contributed by atoms with Gasteiger partial charge in [0.1, 0.15) is 5.75 Å². The summed E-state index contributed by atoms with van der Waals surface area (Å²) in [5.41, 5.74) is 1.84. The number of halogens is 2. The Morgan fingerprint density at radius 2 is 2.00 bits per heavy atom. The molecule has 0 bridgehead atoms. The first kappa shape index (κ1) is 23.3. The largest absolute Gasteiger partial charge is 0.497 e. The number of esters is 1. The molecule has 170 valence electrons. The molecule has 0 spiro atoms. The molecular weight excluding hydrogens is 483 g/mol. The molecular formula is C24H20Cl2N2O4S. The number of hydrogen-bond donors (Lipinski definition) is 0. The number of ether oxygens (including phenoxy) is 2. The molecule has 1 aromatic heterocycles. The highest BCUT2D eigenvalue weighted by Gasteiger charge is 2.33. The molecule has 0 aliphatic carbocycles. The minimum atomic E-state index is -0.715.